The number of ether oxygens (including phenoxy) is 3. The van der Waals surface area contributed by atoms with Gasteiger partial charge in [0.05, 0.1) is 24.1 Å². The van der Waals surface area contributed by atoms with E-state index in [0.29, 0.717) is 32.1 Å². The van der Waals surface area contributed by atoms with Gasteiger partial charge < -0.3 is 18.6 Å². The molecule has 0 saturated carbocycles. The molecule has 8 heteroatoms. The third-order valence-electron chi connectivity index (χ3n) is 4.94. The van der Waals surface area contributed by atoms with E-state index in [-0.39, 0.29) is 16.9 Å². The van der Waals surface area contributed by atoms with Gasteiger partial charge in [-0.1, -0.05) is 35.9 Å². The highest BCUT2D eigenvalue weighted by atomic mass is 79.9. The van der Waals surface area contributed by atoms with Crippen molar-refractivity contribution in [2.45, 2.75) is 0 Å². The van der Waals surface area contributed by atoms with Gasteiger partial charge in [0.25, 0.3) is 0 Å². The maximum absolute atomic E-state index is 13.3. The summed E-state index contributed by atoms with van der Waals surface area (Å²) >= 11 is 9.34. The smallest absolute Gasteiger partial charge is 0.336 e. The lowest BCUT2D eigenvalue weighted by Crippen LogP contribution is -2.14. The van der Waals surface area contributed by atoms with Crippen LogP contribution in [0, 0.1) is 0 Å². The number of halogens is 2. The van der Waals surface area contributed by atoms with Crippen LogP contribution in [0.5, 0.6) is 17.2 Å². The zero-order valence-corrected chi connectivity index (χ0v) is 20.5. The van der Waals surface area contributed by atoms with E-state index in [1.165, 1.54) is 20.3 Å². The van der Waals surface area contributed by atoms with E-state index < -0.39 is 11.4 Å². The molecule has 0 aliphatic heterocycles. The molecule has 3 aromatic carbocycles. The number of esters is 1. The maximum atomic E-state index is 13.3. The lowest BCUT2D eigenvalue weighted by Gasteiger charge is -2.14. The monoisotopic (exact) mass is 540 g/mol. The molecule has 0 aliphatic rings. The molecular formula is C26H18BrClO6. The van der Waals surface area contributed by atoms with Crippen molar-refractivity contribution in [1.82, 2.24) is 0 Å². The number of methoxy groups -OCH3 is 2. The number of carbonyl (C=O) groups excluding carboxylic acids is 1. The lowest BCUT2D eigenvalue weighted by molar-refractivity contribution is -0.129. The molecule has 0 fully saturated rings. The summed E-state index contributed by atoms with van der Waals surface area (Å²) in [6.45, 7) is 0. The molecule has 0 unspecified atom stereocenters. The van der Waals surface area contributed by atoms with Crippen LogP contribution in [0.4, 0.5) is 0 Å². The number of fused-ring (bicyclic) bond motifs is 1. The zero-order chi connectivity index (χ0) is 24.2. The van der Waals surface area contributed by atoms with Gasteiger partial charge in [0.2, 0.25) is 11.2 Å². The van der Waals surface area contributed by atoms with Gasteiger partial charge in [0, 0.05) is 16.7 Å². The Labute approximate surface area is 208 Å². The van der Waals surface area contributed by atoms with Crippen LogP contribution in [0.25, 0.3) is 28.4 Å². The average molecular weight is 542 g/mol. The minimum atomic E-state index is -0.738. The second kappa shape index (κ2) is 10.2. The highest BCUT2D eigenvalue weighted by Gasteiger charge is 2.22. The van der Waals surface area contributed by atoms with Gasteiger partial charge in [-0.25, -0.2) is 4.79 Å². The molecule has 1 aromatic heterocycles. The van der Waals surface area contributed by atoms with Crippen LogP contribution in [-0.2, 0) is 4.79 Å². The third kappa shape index (κ3) is 4.85. The first-order valence-electron chi connectivity index (χ1n) is 10.0. The molecule has 1 heterocycles. The number of rotatable bonds is 6. The van der Waals surface area contributed by atoms with Crippen molar-refractivity contribution in [1.29, 1.82) is 0 Å². The quantitative estimate of drug-likeness (QED) is 0.205. The molecule has 172 valence electrons. The molecule has 34 heavy (non-hydrogen) atoms. The largest absolute Gasteiger partial charge is 0.493 e. The molecular weight excluding hydrogens is 524 g/mol. The molecule has 0 aliphatic carbocycles. The first kappa shape index (κ1) is 23.6. The standard InChI is InChI=1S/C26H18BrClO6/c1-31-21-14-16(13-19(27)25(21)32-2)24-26(23(30)18-5-3-4-6-20(18)33-24)34-22(29)12-9-15-7-10-17(28)11-8-15/h3-14H,1-2H3/b12-9+. The van der Waals surface area contributed by atoms with E-state index in [2.05, 4.69) is 15.9 Å². The highest BCUT2D eigenvalue weighted by molar-refractivity contribution is 9.10. The molecule has 0 radical (unpaired) electrons. The van der Waals surface area contributed by atoms with Crippen molar-refractivity contribution >= 4 is 50.5 Å². The van der Waals surface area contributed by atoms with E-state index in [1.807, 2.05) is 0 Å². The van der Waals surface area contributed by atoms with Crippen molar-refractivity contribution in [3.8, 4) is 28.6 Å². The Balaban J connectivity index is 1.81. The number of benzene rings is 3. The minimum absolute atomic E-state index is 0.0820. The van der Waals surface area contributed by atoms with Gasteiger partial charge in [-0.3, -0.25) is 4.79 Å². The zero-order valence-electron chi connectivity index (χ0n) is 18.1. The van der Waals surface area contributed by atoms with Gasteiger partial charge in [0.1, 0.15) is 5.58 Å². The van der Waals surface area contributed by atoms with Crippen molar-refractivity contribution in [3.05, 3.63) is 92.0 Å². The van der Waals surface area contributed by atoms with E-state index in [0.717, 1.165) is 5.56 Å². The summed E-state index contributed by atoms with van der Waals surface area (Å²) in [4.78, 5) is 25.9. The molecule has 0 saturated heterocycles. The fraction of sp³-hybridized carbons (Fsp3) is 0.0769. The average Bonchev–Trinajstić information content (AvgIpc) is 2.84. The van der Waals surface area contributed by atoms with E-state index in [4.69, 9.17) is 30.2 Å². The van der Waals surface area contributed by atoms with Crippen LogP contribution < -0.4 is 19.6 Å². The number of carbonyl (C=O) groups is 1. The lowest BCUT2D eigenvalue weighted by atomic mass is 10.1. The van der Waals surface area contributed by atoms with Crippen molar-refractivity contribution in [2.24, 2.45) is 0 Å². The Morgan fingerprint density at radius 2 is 1.74 bits per heavy atom. The predicted molar refractivity (Wildman–Crippen MR) is 135 cm³/mol. The minimum Gasteiger partial charge on any atom is -0.493 e. The second-order valence-electron chi connectivity index (χ2n) is 7.09. The summed E-state index contributed by atoms with van der Waals surface area (Å²) in [5.41, 5.74) is 1.08. The van der Waals surface area contributed by atoms with Crippen LogP contribution in [-0.4, -0.2) is 20.2 Å². The van der Waals surface area contributed by atoms with Gasteiger partial charge in [-0.15, -0.1) is 0 Å². The summed E-state index contributed by atoms with van der Waals surface area (Å²) in [5.74, 6) is -0.0121. The van der Waals surface area contributed by atoms with Crippen LogP contribution >= 0.6 is 27.5 Å². The van der Waals surface area contributed by atoms with E-state index in [9.17, 15) is 9.59 Å². The molecule has 4 rings (SSSR count). The first-order chi connectivity index (χ1) is 16.4. The summed E-state index contributed by atoms with van der Waals surface area (Å²) in [5, 5.41) is 0.870. The predicted octanol–water partition coefficient (Wildman–Crippen LogP) is 6.51. The van der Waals surface area contributed by atoms with Crippen LogP contribution in [0.3, 0.4) is 0 Å². The Bertz CT molecular complexity index is 1460. The SMILES string of the molecule is COc1cc(-c2oc3ccccc3c(=O)c2OC(=O)/C=C/c2ccc(Cl)cc2)cc(Br)c1OC. The summed E-state index contributed by atoms with van der Waals surface area (Å²) in [6.07, 6.45) is 2.79. The number of hydrogen-bond donors (Lipinski definition) is 0. The van der Waals surface area contributed by atoms with Gasteiger partial charge >= 0.3 is 5.97 Å². The fourth-order valence-corrected chi connectivity index (χ4v) is 4.06. The van der Waals surface area contributed by atoms with Crippen LogP contribution in [0.1, 0.15) is 5.56 Å². The second-order valence-corrected chi connectivity index (χ2v) is 8.38. The van der Waals surface area contributed by atoms with Gasteiger partial charge in [0.15, 0.2) is 17.3 Å². The Kier molecular flexibility index (Phi) is 7.05. The maximum Gasteiger partial charge on any atom is 0.336 e. The molecule has 0 atom stereocenters. The summed E-state index contributed by atoms with van der Waals surface area (Å²) in [7, 11) is 3.01. The van der Waals surface area contributed by atoms with Crippen molar-refractivity contribution in [2.75, 3.05) is 14.2 Å². The van der Waals surface area contributed by atoms with Crippen LogP contribution in [0.2, 0.25) is 5.02 Å². The van der Waals surface area contributed by atoms with Crippen molar-refractivity contribution in [3.63, 3.8) is 0 Å². The van der Waals surface area contributed by atoms with Crippen LogP contribution in [0.15, 0.2) is 80.4 Å². The Morgan fingerprint density at radius 1 is 1.00 bits per heavy atom. The summed E-state index contributed by atoms with van der Waals surface area (Å²) < 4.78 is 22.9. The topological polar surface area (TPSA) is 75.0 Å². The number of hydrogen-bond acceptors (Lipinski definition) is 6. The van der Waals surface area contributed by atoms with Gasteiger partial charge in [-0.2, -0.15) is 0 Å². The van der Waals surface area contributed by atoms with Crippen molar-refractivity contribution < 1.29 is 23.4 Å². The van der Waals surface area contributed by atoms with E-state index in [1.54, 1.807) is 66.7 Å². The molecule has 0 N–H and O–H groups in total. The highest BCUT2D eigenvalue weighted by Crippen LogP contribution is 2.41. The molecule has 4 aromatic rings. The normalized spacial score (nSPS) is 11.1. The molecule has 0 amide bonds. The number of para-hydroxylation sites is 1. The Hall–Kier alpha value is -3.55. The fourth-order valence-electron chi connectivity index (χ4n) is 3.33. The molecule has 0 spiro atoms. The third-order valence-corrected chi connectivity index (χ3v) is 5.78. The molecule has 0 bridgehead atoms. The first-order valence-corrected chi connectivity index (χ1v) is 11.2. The van der Waals surface area contributed by atoms with Gasteiger partial charge in [-0.05, 0) is 64.0 Å². The summed E-state index contributed by atoms with van der Waals surface area (Å²) in [6, 6.07) is 17.0. The van der Waals surface area contributed by atoms with E-state index >= 15 is 0 Å². The Morgan fingerprint density at radius 3 is 2.44 bits per heavy atom. The molecule has 6 nitrogen and oxygen atoms in total.